The molecule has 0 bridgehead atoms. The molecule has 15 heavy (non-hydrogen) atoms. The Morgan fingerprint density at radius 3 is 2.53 bits per heavy atom. The van der Waals surface area contributed by atoms with Gasteiger partial charge in [-0.15, -0.1) is 0 Å². The Bertz CT molecular complexity index is 187. The van der Waals surface area contributed by atoms with Crippen LogP contribution in [-0.4, -0.2) is 42.7 Å². The largest absolute Gasteiger partial charge is 0.374 e. The second kappa shape index (κ2) is 5.75. The molecule has 1 rings (SSSR count). The first-order chi connectivity index (χ1) is 7.00. The lowest BCUT2D eigenvalue weighted by molar-refractivity contribution is -0.0347. The molecule has 1 aliphatic heterocycles. The zero-order valence-electron chi connectivity index (χ0n) is 9.75. The van der Waals surface area contributed by atoms with E-state index >= 15 is 0 Å². The van der Waals surface area contributed by atoms with Crippen molar-refractivity contribution < 1.29 is 13.5 Å². The van der Waals surface area contributed by atoms with Gasteiger partial charge in [-0.05, 0) is 40.2 Å². The van der Waals surface area contributed by atoms with Gasteiger partial charge >= 0.3 is 0 Å². The highest BCUT2D eigenvalue weighted by Gasteiger charge is 2.31. The van der Waals surface area contributed by atoms with Crippen LogP contribution >= 0.6 is 0 Å². The topological polar surface area (TPSA) is 12.5 Å². The number of nitrogens with zero attached hydrogens (tertiary/aromatic N) is 1. The lowest BCUT2D eigenvalue weighted by Crippen LogP contribution is -2.42. The minimum absolute atomic E-state index is 0.0475. The van der Waals surface area contributed by atoms with Gasteiger partial charge in [-0.1, -0.05) is 0 Å². The second-order valence-electron chi connectivity index (χ2n) is 4.49. The first-order valence-electron chi connectivity index (χ1n) is 5.68. The van der Waals surface area contributed by atoms with Gasteiger partial charge in [0.2, 0.25) is 0 Å². The number of ether oxygens (including phenoxy) is 1. The van der Waals surface area contributed by atoms with Gasteiger partial charge in [0, 0.05) is 6.04 Å². The summed E-state index contributed by atoms with van der Waals surface area (Å²) < 4.78 is 30.3. The van der Waals surface area contributed by atoms with Gasteiger partial charge < -0.3 is 4.74 Å². The summed E-state index contributed by atoms with van der Waals surface area (Å²) in [7, 11) is 0. The lowest BCUT2D eigenvalue weighted by atomic mass is 10.1. The summed E-state index contributed by atoms with van der Waals surface area (Å²) in [4.78, 5) is 1.86. The third-order valence-electron chi connectivity index (χ3n) is 2.82. The lowest BCUT2D eigenvalue weighted by Gasteiger charge is -2.30. The van der Waals surface area contributed by atoms with E-state index < -0.39 is 6.43 Å². The van der Waals surface area contributed by atoms with Gasteiger partial charge in [0.05, 0.1) is 18.8 Å². The summed E-state index contributed by atoms with van der Waals surface area (Å²) in [6.45, 7) is 6.59. The zero-order valence-corrected chi connectivity index (χ0v) is 9.75. The Labute approximate surface area is 90.6 Å². The van der Waals surface area contributed by atoms with Gasteiger partial charge in [-0.25, -0.2) is 8.78 Å². The zero-order chi connectivity index (χ0) is 11.4. The molecule has 0 aliphatic carbocycles. The normalized spacial score (nSPS) is 25.4. The summed E-state index contributed by atoms with van der Waals surface area (Å²) >= 11 is 0. The molecule has 0 spiro atoms. The van der Waals surface area contributed by atoms with E-state index in [9.17, 15) is 8.78 Å². The van der Waals surface area contributed by atoms with Crippen LogP contribution in [0.3, 0.4) is 0 Å². The van der Waals surface area contributed by atoms with Crippen LogP contribution in [0.5, 0.6) is 0 Å². The van der Waals surface area contributed by atoms with Crippen LogP contribution in [0.1, 0.15) is 33.6 Å². The predicted molar refractivity (Wildman–Crippen MR) is 56.3 cm³/mol. The number of hydrogen-bond acceptors (Lipinski definition) is 2. The summed E-state index contributed by atoms with van der Waals surface area (Å²) in [5, 5.41) is 0. The first-order valence-corrected chi connectivity index (χ1v) is 5.68. The number of alkyl halides is 2. The minimum atomic E-state index is -2.24. The average Bonchev–Trinajstić information content (AvgIpc) is 2.49. The smallest absolute Gasteiger partial charge is 0.251 e. The third kappa shape index (κ3) is 4.03. The number of halogens is 2. The quantitative estimate of drug-likeness (QED) is 0.707. The molecule has 1 saturated heterocycles. The van der Waals surface area contributed by atoms with Gasteiger partial charge in [-0.3, -0.25) is 4.90 Å². The van der Waals surface area contributed by atoms with Crippen LogP contribution in [0.2, 0.25) is 0 Å². The van der Waals surface area contributed by atoms with Crippen molar-refractivity contribution >= 4 is 0 Å². The summed E-state index contributed by atoms with van der Waals surface area (Å²) in [5.74, 6) is 0. The minimum Gasteiger partial charge on any atom is -0.374 e. The highest BCUT2D eigenvalue weighted by atomic mass is 19.3. The highest BCUT2D eigenvalue weighted by Crippen LogP contribution is 2.23. The molecule has 0 aromatic heterocycles. The van der Waals surface area contributed by atoms with Crippen LogP contribution in [0.4, 0.5) is 8.78 Å². The molecule has 1 heterocycles. The molecule has 2 nitrogen and oxygen atoms in total. The fraction of sp³-hybridized carbons (Fsp3) is 1.00. The Morgan fingerprint density at radius 1 is 1.33 bits per heavy atom. The third-order valence-corrected chi connectivity index (χ3v) is 2.82. The van der Waals surface area contributed by atoms with E-state index in [0.29, 0.717) is 0 Å². The molecular weight excluding hydrogens is 200 g/mol. The SMILES string of the molecule is CC(C)O[C@@H](C)C1CCCN1CC(F)F. The van der Waals surface area contributed by atoms with Crippen molar-refractivity contribution in [3.8, 4) is 0 Å². The molecule has 2 atom stereocenters. The van der Waals surface area contributed by atoms with E-state index in [1.165, 1.54) is 0 Å². The van der Waals surface area contributed by atoms with Gasteiger partial charge in [0.25, 0.3) is 6.43 Å². The fourth-order valence-corrected chi connectivity index (χ4v) is 2.31. The van der Waals surface area contributed by atoms with Gasteiger partial charge in [0.15, 0.2) is 0 Å². The second-order valence-corrected chi connectivity index (χ2v) is 4.49. The van der Waals surface area contributed by atoms with E-state index in [1.807, 2.05) is 25.7 Å². The maximum absolute atomic E-state index is 12.3. The monoisotopic (exact) mass is 221 g/mol. The molecule has 0 radical (unpaired) electrons. The van der Waals surface area contributed by atoms with Crippen molar-refractivity contribution in [2.45, 2.75) is 58.3 Å². The van der Waals surface area contributed by atoms with Crippen molar-refractivity contribution in [3.05, 3.63) is 0 Å². The highest BCUT2D eigenvalue weighted by molar-refractivity contribution is 4.84. The molecular formula is C11H21F2NO. The summed E-state index contributed by atoms with van der Waals surface area (Å²) in [6.07, 6.45) is -0.0545. The van der Waals surface area contributed by atoms with E-state index in [-0.39, 0.29) is 24.8 Å². The summed E-state index contributed by atoms with van der Waals surface area (Å²) in [5.41, 5.74) is 0. The Morgan fingerprint density at radius 2 is 2.00 bits per heavy atom. The molecule has 1 aliphatic rings. The molecule has 1 unspecified atom stereocenters. The van der Waals surface area contributed by atoms with Crippen molar-refractivity contribution in [3.63, 3.8) is 0 Å². The maximum atomic E-state index is 12.3. The van der Waals surface area contributed by atoms with Gasteiger partial charge in [-0.2, -0.15) is 0 Å². The molecule has 0 saturated carbocycles. The van der Waals surface area contributed by atoms with E-state index in [0.717, 1.165) is 19.4 Å². The van der Waals surface area contributed by atoms with E-state index in [4.69, 9.17) is 4.74 Å². The fourth-order valence-electron chi connectivity index (χ4n) is 2.31. The van der Waals surface area contributed by atoms with Crippen molar-refractivity contribution in [2.75, 3.05) is 13.1 Å². The predicted octanol–water partition coefficient (Wildman–Crippen LogP) is 2.53. The van der Waals surface area contributed by atoms with Crippen LogP contribution in [0.15, 0.2) is 0 Å². The van der Waals surface area contributed by atoms with E-state index in [2.05, 4.69) is 0 Å². The molecule has 0 aromatic carbocycles. The number of rotatable bonds is 5. The molecule has 1 fully saturated rings. The molecule has 4 heteroatoms. The Balaban J connectivity index is 2.44. The first kappa shape index (κ1) is 12.8. The average molecular weight is 221 g/mol. The van der Waals surface area contributed by atoms with Crippen LogP contribution < -0.4 is 0 Å². The standard InChI is InChI=1S/C11H21F2NO/c1-8(2)15-9(3)10-5-4-6-14(10)7-11(12)13/h8-11H,4-7H2,1-3H3/t9-,10?/m0/s1. The maximum Gasteiger partial charge on any atom is 0.251 e. The van der Waals surface area contributed by atoms with Crippen molar-refractivity contribution in [1.29, 1.82) is 0 Å². The number of hydrogen-bond donors (Lipinski definition) is 0. The molecule has 0 N–H and O–H groups in total. The van der Waals surface area contributed by atoms with Crippen molar-refractivity contribution in [2.24, 2.45) is 0 Å². The van der Waals surface area contributed by atoms with Crippen molar-refractivity contribution in [1.82, 2.24) is 4.90 Å². The van der Waals surface area contributed by atoms with E-state index in [1.54, 1.807) is 0 Å². The van der Waals surface area contributed by atoms with Crippen LogP contribution in [0, 0.1) is 0 Å². The molecule has 0 aromatic rings. The number of likely N-dealkylation sites (tertiary alicyclic amines) is 1. The van der Waals surface area contributed by atoms with Crippen LogP contribution in [0.25, 0.3) is 0 Å². The van der Waals surface area contributed by atoms with Crippen LogP contribution in [-0.2, 0) is 4.74 Å². The van der Waals surface area contributed by atoms with Gasteiger partial charge in [0.1, 0.15) is 0 Å². The molecule has 0 amide bonds. The summed E-state index contributed by atoms with van der Waals surface area (Å²) in [6, 6.07) is 0.168. The Kier molecular flexibility index (Phi) is 4.93. The molecule has 90 valence electrons. The Hall–Kier alpha value is -0.220.